The summed E-state index contributed by atoms with van der Waals surface area (Å²) in [7, 11) is 0. The first-order chi connectivity index (χ1) is 7.18. The molecule has 0 atom stereocenters. The number of anilines is 1. The lowest BCUT2D eigenvalue weighted by molar-refractivity contribution is 0.587. The third-order valence-corrected chi connectivity index (χ3v) is 3.80. The molecule has 1 aromatic rings. The van der Waals surface area contributed by atoms with E-state index in [4.69, 9.17) is 4.98 Å². The molecule has 0 unspecified atom stereocenters. The summed E-state index contributed by atoms with van der Waals surface area (Å²) >= 11 is 1.84. The van der Waals surface area contributed by atoms with Crippen molar-refractivity contribution in [3.8, 4) is 0 Å². The van der Waals surface area contributed by atoms with E-state index in [9.17, 15) is 0 Å². The number of piperazine rings is 1. The van der Waals surface area contributed by atoms with Crippen LogP contribution in [-0.4, -0.2) is 31.2 Å². The summed E-state index contributed by atoms with van der Waals surface area (Å²) in [6.07, 6.45) is 0. The van der Waals surface area contributed by atoms with E-state index < -0.39 is 0 Å². The van der Waals surface area contributed by atoms with E-state index >= 15 is 0 Å². The average Bonchev–Trinajstić information content (AvgIpc) is 2.62. The Hall–Kier alpha value is -0.610. The van der Waals surface area contributed by atoms with Crippen LogP contribution in [0.15, 0.2) is 0 Å². The normalized spacial score (nSPS) is 17.5. The first kappa shape index (κ1) is 10.9. The lowest BCUT2D eigenvalue weighted by Gasteiger charge is -2.26. The molecular weight excluding hydrogens is 206 g/mol. The van der Waals surface area contributed by atoms with Gasteiger partial charge in [-0.15, -0.1) is 11.3 Å². The highest BCUT2D eigenvalue weighted by molar-refractivity contribution is 7.15. The van der Waals surface area contributed by atoms with Gasteiger partial charge >= 0.3 is 0 Å². The van der Waals surface area contributed by atoms with Crippen molar-refractivity contribution in [2.45, 2.75) is 26.7 Å². The molecule has 0 spiro atoms. The van der Waals surface area contributed by atoms with Crippen molar-refractivity contribution in [2.75, 3.05) is 31.1 Å². The molecule has 2 heterocycles. The summed E-state index contributed by atoms with van der Waals surface area (Å²) in [5.41, 5.74) is 1.27. The highest BCUT2D eigenvalue weighted by Crippen LogP contribution is 2.29. The van der Waals surface area contributed by atoms with E-state index in [0.29, 0.717) is 5.92 Å². The Morgan fingerprint density at radius 1 is 1.33 bits per heavy atom. The van der Waals surface area contributed by atoms with Gasteiger partial charge in [-0.2, -0.15) is 0 Å². The van der Waals surface area contributed by atoms with E-state index in [1.54, 1.807) is 0 Å². The molecule has 0 bridgehead atoms. The summed E-state index contributed by atoms with van der Waals surface area (Å²) in [6.45, 7) is 10.9. The molecule has 0 amide bonds. The fourth-order valence-electron chi connectivity index (χ4n) is 1.92. The van der Waals surface area contributed by atoms with Crippen LogP contribution in [0.25, 0.3) is 0 Å². The van der Waals surface area contributed by atoms with Crippen LogP contribution < -0.4 is 10.2 Å². The Balaban J connectivity index is 2.17. The van der Waals surface area contributed by atoms with Crippen LogP contribution >= 0.6 is 11.3 Å². The van der Waals surface area contributed by atoms with Gasteiger partial charge in [-0.05, 0) is 12.8 Å². The molecule has 0 saturated carbocycles. The van der Waals surface area contributed by atoms with Crippen molar-refractivity contribution in [3.63, 3.8) is 0 Å². The molecule has 0 radical (unpaired) electrons. The summed E-state index contributed by atoms with van der Waals surface area (Å²) in [5.74, 6) is 0.540. The molecule has 1 fully saturated rings. The van der Waals surface area contributed by atoms with Crippen molar-refractivity contribution in [3.05, 3.63) is 10.6 Å². The first-order valence-corrected chi connectivity index (χ1v) is 6.43. The second kappa shape index (κ2) is 4.49. The number of aryl methyl sites for hydroxylation is 1. The third kappa shape index (κ3) is 2.32. The Kier molecular flexibility index (Phi) is 3.26. The maximum absolute atomic E-state index is 4.75. The van der Waals surface area contributed by atoms with E-state index in [1.807, 2.05) is 11.3 Å². The van der Waals surface area contributed by atoms with Gasteiger partial charge in [0.05, 0.1) is 5.69 Å². The van der Waals surface area contributed by atoms with E-state index in [1.165, 1.54) is 15.7 Å². The number of nitrogens with zero attached hydrogens (tertiary/aromatic N) is 2. The van der Waals surface area contributed by atoms with Crippen molar-refractivity contribution in [2.24, 2.45) is 0 Å². The number of hydrogen-bond acceptors (Lipinski definition) is 4. The third-order valence-electron chi connectivity index (χ3n) is 2.76. The quantitative estimate of drug-likeness (QED) is 0.834. The minimum Gasteiger partial charge on any atom is -0.346 e. The predicted molar refractivity (Wildman–Crippen MR) is 66.0 cm³/mol. The summed E-state index contributed by atoms with van der Waals surface area (Å²) in [4.78, 5) is 8.51. The summed E-state index contributed by atoms with van der Waals surface area (Å²) in [5, 5.41) is 4.57. The van der Waals surface area contributed by atoms with Crippen LogP contribution in [0.3, 0.4) is 0 Å². The van der Waals surface area contributed by atoms with Gasteiger partial charge in [-0.25, -0.2) is 4.98 Å². The largest absolute Gasteiger partial charge is 0.346 e. The molecule has 84 valence electrons. The second-order valence-electron chi connectivity index (χ2n) is 4.33. The van der Waals surface area contributed by atoms with Gasteiger partial charge in [0, 0.05) is 31.1 Å². The minimum atomic E-state index is 0.540. The molecule has 1 aliphatic rings. The van der Waals surface area contributed by atoms with Gasteiger partial charge in [-0.3, -0.25) is 0 Å². The monoisotopic (exact) mass is 225 g/mol. The van der Waals surface area contributed by atoms with Crippen LogP contribution in [0.2, 0.25) is 0 Å². The van der Waals surface area contributed by atoms with Gasteiger partial charge in [0.15, 0.2) is 5.13 Å². The van der Waals surface area contributed by atoms with Crippen molar-refractivity contribution < 1.29 is 0 Å². The lowest BCUT2D eigenvalue weighted by Crippen LogP contribution is -2.43. The Morgan fingerprint density at radius 3 is 2.53 bits per heavy atom. The molecule has 1 saturated heterocycles. The number of aromatic nitrogens is 1. The van der Waals surface area contributed by atoms with Gasteiger partial charge < -0.3 is 10.2 Å². The van der Waals surface area contributed by atoms with Gasteiger partial charge in [0.1, 0.15) is 0 Å². The topological polar surface area (TPSA) is 28.2 Å². The van der Waals surface area contributed by atoms with Gasteiger partial charge in [-0.1, -0.05) is 13.8 Å². The van der Waals surface area contributed by atoms with E-state index in [0.717, 1.165) is 26.2 Å². The second-order valence-corrected chi connectivity index (χ2v) is 5.51. The van der Waals surface area contributed by atoms with Crippen LogP contribution in [0.5, 0.6) is 0 Å². The Bertz CT molecular complexity index is 327. The molecule has 0 aliphatic carbocycles. The lowest BCUT2D eigenvalue weighted by atomic mass is 10.1. The fourth-order valence-corrected chi connectivity index (χ4v) is 3.04. The van der Waals surface area contributed by atoms with E-state index in [-0.39, 0.29) is 0 Å². The predicted octanol–water partition coefficient (Wildman–Crippen LogP) is 1.98. The Labute approximate surface area is 95.5 Å². The zero-order valence-electron chi connectivity index (χ0n) is 9.71. The van der Waals surface area contributed by atoms with Crippen LogP contribution in [0.1, 0.15) is 30.3 Å². The van der Waals surface area contributed by atoms with Crippen molar-refractivity contribution in [1.82, 2.24) is 10.3 Å². The van der Waals surface area contributed by atoms with Crippen LogP contribution in [0, 0.1) is 6.92 Å². The zero-order chi connectivity index (χ0) is 10.8. The van der Waals surface area contributed by atoms with Crippen LogP contribution in [0.4, 0.5) is 5.13 Å². The highest BCUT2D eigenvalue weighted by Gasteiger charge is 2.17. The number of nitrogens with one attached hydrogen (secondary N) is 1. The first-order valence-electron chi connectivity index (χ1n) is 5.61. The fraction of sp³-hybridized carbons (Fsp3) is 0.727. The molecule has 2 rings (SSSR count). The maximum Gasteiger partial charge on any atom is 0.185 e. The van der Waals surface area contributed by atoms with Gasteiger partial charge in [0.25, 0.3) is 0 Å². The molecule has 3 nitrogen and oxygen atoms in total. The molecule has 0 aromatic carbocycles. The molecule has 1 aliphatic heterocycles. The molecule has 15 heavy (non-hydrogen) atoms. The van der Waals surface area contributed by atoms with Gasteiger partial charge in [0.2, 0.25) is 0 Å². The molecule has 1 N–H and O–H groups in total. The van der Waals surface area contributed by atoms with Crippen molar-refractivity contribution in [1.29, 1.82) is 0 Å². The standard InChI is InChI=1S/C11H19N3S/c1-8(2)10-9(3)15-11(13-10)14-6-4-12-5-7-14/h8,12H,4-7H2,1-3H3. The number of thiazole rings is 1. The van der Waals surface area contributed by atoms with Crippen molar-refractivity contribution >= 4 is 16.5 Å². The van der Waals surface area contributed by atoms with Crippen LogP contribution in [-0.2, 0) is 0 Å². The summed E-state index contributed by atoms with van der Waals surface area (Å²) in [6, 6.07) is 0. The zero-order valence-corrected chi connectivity index (χ0v) is 10.5. The molecule has 4 heteroatoms. The smallest absolute Gasteiger partial charge is 0.185 e. The number of hydrogen-bond donors (Lipinski definition) is 1. The molecule has 1 aromatic heterocycles. The van der Waals surface area contributed by atoms with E-state index in [2.05, 4.69) is 31.0 Å². The highest BCUT2D eigenvalue weighted by atomic mass is 32.1. The number of rotatable bonds is 2. The molecular formula is C11H19N3S. The summed E-state index contributed by atoms with van der Waals surface area (Å²) < 4.78 is 0. The average molecular weight is 225 g/mol. The maximum atomic E-state index is 4.75. The minimum absolute atomic E-state index is 0.540. The Morgan fingerprint density at radius 2 is 2.00 bits per heavy atom. The SMILES string of the molecule is Cc1sc(N2CCNCC2)nc1C(C)C.